The Morgan fingerprint density at radius 1 is 1.23 bits per heavy atom. The maximum Gasteiger partial charge on any atom is 0.128 e. The molecule has 0 spiro atoms. The summed E-state index contributed by atoms with van der Waals surface area (Å²) in [7, 11) is 2.09. The molecule has 3 nitrogen and oxygen atoms in total. The van der Waals surface area contributed by atoms with Gasteiger partial charge >= 0.3 is 0 Å². The lowest BCUT2D eigenvalue weighted by molar-refractivity contribution is 0.566. The first kappa shape index (κ1) is 8.60. The smallest absolute Gasteiger partial charge is 0.128 e. The van der Waals surface area contributed by atoms with Gasteiger partial charge in [0, 0.05) is 20.1 Å². The van der Waals surface area contributed by atoms with Crippen molar-refractivity contribution in [2.45, 2.75) is 26.2 Å². The van der Waals surface area contributed by atoms with Gasteiger partial charge in [-0.05, 0) is 26.2 Å². The molecule has 1 saturated heterocycles. The van der Waals surface area contributed by atoms with Crippen molar-refractivity contribution in [1.29, 1.82) is 0 Å². The molecule has 1 aliphatic rings. The molecule has 2 heterocycles. The molecule has 0 unspecified atom stereocenters. The summed E-state index contributed by atoms with van der Waals surface area (Å²) >= 11 is 0. The predicted molar refractivity (Wildman–Crippen MR) is 54.0 cm³/mol. The summed E-state index contributed by atoms with van der Waals surface area (Å²) in [5.41, 5.74) is 0. The molecule has 1 fully saturated rings. The second-order valence-corrected chi connectivity index (χ2v) is 3.77. The molecule has 0 amide bonds. The van der Waals surface area contributed by atoms with Crippen LogP contribution >= 0.6 is 0 Å². The van der Waals surface area contributed by atoms with Crippen molar-refractivity contribution < 1.29 is 0 Å². The van der Waals surface area contributed by atoms with E-state index in [1.165, 1.54) is 38.2 Å². The zero-order valence-corrected chi connectivity index (χ0v) is 8.45. The molecule has 0 bridgehead atoms. The molecule has 13 heavy (non-hydrogen) atoms. The first-order valence-corrected chi connectivity index (χ1v) is 5.02. The molecule has 2 rings (SSSR count). The average Bonchev–Trinajstić information content (AvgIpc) is 2.49. The topological polar surface area (TPSA) is 21.1 Å². The first-order valence-electron chi connectivity index (χ1n) is 5.02. The van der Waals surface area contributed by atoms with Gasteiger partial charge in [0.2, 0.25) is 0 Å². The maximum atomic E-state index is 4.31. The summed E-state index contributed by atoms with van der Waals surface area (Å²) in [6.07, 6.45) is 6.02. The number of aryl methyl sites for hydroxylation is 1. The third-order valence-corrected chi connectivity index (χ3v) is 2.88. The second kappa shape index (κ2) is 3.40. The third-order valence-electron chi connectivity index (χ3n) is 2.88. The standard InChI is InChI=1S/C10H17N3/c1-9-11-8-10(12(9)2)13-6-4-3-5-7-13/h8H,3-7H2,1-2H3. The number of piperidine rings is 1. The van der Waals surface area contributed by atoms with Crippen LogP contribution in [-0.2, 0) is 7.05 Å². The fourth-order valence-corrected chi connectivity index (χ4v) is 1.91. The Morgan fingerprint density at radius 3 is 2.46 bits per heavy atom. The molecule has 1 aromatic heterocycles. The summed E-state index contributed by atoms with van der Waals surface area (Å²) in [6, 6.07) is 0. The van der Waals surface area contributed by atoms with Crippen LogP contribution in [0.5, 0.6) is 0 Å². The van der Waals surface area contributed by atoms with Crippen LogP contribution in [0.4, 0.5) is 5.82 Å². The van der Waals surface area contributed by atoms with Crippen LogP contribution in [-0.4, -0.2) is 22.6 Å². The number of rotatable bonds is 1. The van der Waals surface area contributed by atoms with E-state index in [0.29, 0.717) is 0 Å². The molecule has 0 aliphatic carbocycles. The Hall–Kier alpha value is -0.990. The molecule has 0 aromatic carbocycles. The molecule has 1 aromatic rings. The molecule has 1 aliphatic heterocycles. The fraction of sp³-hybridized carbons (Fsp3) is 0.700. The first-order chi connectivity index (χ1) is 6.29. The summed E-state index contributed by atoms with van der Waals surface area (Å²) in [4.78, 5) is 6.75. The van der Waals surface area contributed by atoms with Crippen molar-refractivity contribution in [3.63, 3.8) is 0 Å². The van der Waals surface area contributed by atoms with E-state index in [9.17, 15) is 0 Å². The van der Waals surface area contributed by atoms with Crippen molar-refractivity contribution in [3.8, 4) is 0 Å². The van der Waals surface area contributed by atoms with E-state index in [-0.39, 0.29) is 0 Å². The van der Waals surface area contributed by atoms with Gasteiger partial charge in [-0.25, -0.2) is 4.98 Å². The average molecular weight is 179 g/mol. The molecular formula is C10H17N3. The van der Waals surface area contributed by atoms with Gasteiger partial charge < -0.3 is 9.47 Å². The second-order valence-electron chi connectivity index (χ2n) is 3.77. The number of nitrogens with zero attached hydrogens (tertiary/aromatic N) is 3. The van der Waals surface area contributed by atoms with E-state index in [0.717, 1.165) is 5.82 Å². The van der Waals surface area contributed by atoms with Crippen molar-refractivity contribution in [1.82, 2.24) is 9.55 Å². The van der Waals surface area contributed by atoms with Crippen LogP contribution in [0.25, 0.3) is 0 Å². The van der Waals surface area contributed by atoms with E-state index in [4.69, 9.17) is 0 Å². The van der Waals surface area contributed by atoms with E-state index >= 15 is 0 Å². The van der Waals surface area contributed by atoms with Crippen LogP contribution in [0.2, 0.25) is 0 Å². The van der Waals surface area contributed by atoms with Crippen LogP contribution < -0.4 is 4.90 Å². The maximum absolute atomic E-state index is 4.31. The van der Waals surface area contributed by atoms with E-state index in [1.54, 1.807) is 0 Å². The zero-order valence-electron chi connectivity index (χ0n) is 8.45. The SMILES string of the molecule is Cc1ncc(N2CCCCC2)n1C. The van der Waals surface area contributed by atoms with Gasteiger partial charge in [0.05, 0.1) is 6.20 Å². The largest absolute Gasteiger partial charge is 0.357 e. The molecule has 0 N–H and O–H groups in total. The Morgan fingerprint density at radius 2 is 1.92 bits per heavy atom. The lowest BCUT2D eigenvalue weighted by Crippen LogP contribution is -2.30. The van der Waals surface area contributed by atoms with Crippen molar-refractivity contribution in [3.05, 3.63) is 12.0 Å². The van der Waals surface area contributed by atoms with Crippen molar-refractivity contribution in [2.24, 2.45) is 7.05 Å². The van der Waals surface area contributed by atoms with Gasteiger partial charge in [0.25, 0.3) is 0 Å². The molecular weight excluding hydrogens is 162 g/mol. The predicted octanol–water partition coefficient (Wildman–Crippen LogP) is 1.72. The van der Waals surface area contributed by atoms with E-state index in [1.807, 2.05) is 13.1 Å². The normalized spacial score (nSPS) is 17.8. The number of anilines is 1. The third kappa shape index (κ3) is 1.55. The minimum atomic E-state index is 1.10. The van der Waals surface area contributed by atoms with Gasteiger partial charge in [-0.1, -0.05) is 0 Å². The zero-order chi connectivity index (χ0) is 9.26. The highest BCUT2D eigenvalue weighted by Crippen LogP contribution is 2.19. The summed E-state index contributed by atoms with van der Waals surface area (Å²) < 4.78 is 2.17. The molecule has 0 saturated carbocycles. The minimum absolute atomic E-state index is 1.10. The van der Waals surface area contributed by atoms with E-state index < -0.39 is 0 Å². The highest BCUT2D eigenvalue weighted by molar-refractivity contribution is 5.39. The number of hydrogen-bond acceptors (Lipinski definition) is 2. The minimum Gasteiger partial charge on any atom is -0.357 e. The van der Waals surface area contributed by atoms with E-state index in [2.05, 4.69) is 21.5 Å². The molecule has 72 valence electrons. The Balaban J connectivity index is 2.18. The summed E-state index contributed by atoms with van der Waals surface area (Å²) in [6.45, 7) is 4.44. The number of aromatic nitrogens is 2. The number of hydrogen-bond donors (Lipinski definition) is 0. The van der Waals surface area contributed by atoms with Gasteiger partial charge in [0.15, 0.2) is 0 Å². The lowest BCUT2D eigenvalue weighted by Gasteiger charge is -2.28. The summed E-state index contributed by atoms with van der Waals surface area (Å²) in [5.74, 6) is 2.37. The van der Waals surface area contributed by atoms with Crippen LogP contribution in [0.3, 0.4) is 0 Å². The Labute approximate surface area is 79.4 Å². The number of imidazole rings is 1. The summed E-state index contributed by atoms with van der Waals surface area (Å²) in [5, 5.41) is 0. The van der Waals surface area contributed by atoms with Crippen molar-refractivity contribution >= 4 is 5.82 Å². The van der Waals surface area contributed by atoms with Crippen molar-refractivity contribution in [2.75, 3.05) is 18.0 Å². The van der Waals surface area contributed by atoms with Crippen LogP contribution in [0, 0.1) is 6.92 Å². The Bertz CT molecular complexity index is 284. The monoisotopic (exact) mass is 179 g/mol. The Kier molecular flexibility index (Phi) is 2.25. The lowest BCUT2D eigenvalue weighted by atomic mass is 10.1. The molecule has 3 heteroatoms. The molecule has 0 radical (unpaired) electrons. The highest BCUT2D eigenvalue weighted by atomic mass is 15.3. The van der Waals surface area contributed by atoms with Crippen LogP contribution in [0.1, 0.15) is 25.1 Å². The van der Waals surface area contributed by atoms with Gasteiger partial charge in [-0.3, -0.25) is 0 Å². The highest BCUT2D eigenvalue weighted by Gasteiger charge is 2.14. The van der Waals surface area contributed by atoms with Gasteiger partial charge in [0.1, 0.15) is 11.6 Å². The van der Waals surface area contributed by atoms with Crippen LogP contribution in [0.15, 0.2) is 6.20 Å². The van der Waals surface area contributed by atoms with Gasteiger partial charge in [-0.15, -0.1) is 0 Å². The molecule has 0 atom stereocenters. The van der Waals surface area contributed by atoms with Gasteiger partial charge in [-0.2, -0.15) is 0 Å². The fourth-order valence-electron chi connectivity index (χ4n) is 1.91. The quantitative estimate of drug-likeness (QED) is 0.654.